The number of rotatable bonds is 3. The summed E-state index contributed by atoms with van der Waals surface area (Å²) in [6.45, 7) is 0.505. The summed E-state index contributed by atoms with van der Waals surface area (Å²) in [5.41, 5.74) is 5.11. The fourth-order valence-corrected chi connectivity index (χ4v) is 0.306. The molecule has 0 atom stereocenters. The molecule has 0 saturated heterocycles. The molecule has 2 N–H and O–H groups in total. The summed E-state index contributed by atoms with van der Waals surface area (Å²) in [5, 5.41) is 0. The van der Waals surface area contributed by atoms with Gasteiger partial charge in [-0.2, -0.15) is 0 Å². The lowest BCUT2D eigenvalue weighted by atomic mass is 10.5. The first-order valence-electron chi connectivity index (χ1n) is 3.26. The third kappa shape index (κ3) is 4.18. The van der Waals surface area contributed by atoms with Crippen LogP contribution in [-0.4, -0.2) is 20.3 Å². The Labute approximate surface area is 39.7 Å². The summed E-state index contributed by atoms with van der Waals surface area (Å²) < 4.78 is 20.6. The number of nitrogens with two attached hydrogens (primary N) is 1. The van der Waals surface area contributed by atoms with Crippen LogP contribution in [0.2, 0.25) is 6.04 Å². The molecule has 0 aliphatic carbocycles. The lowest BCUT2D eigenvalue weighted by Crippen LogP contribution is -1.96. The van der Waals surface area contributed by atoms with Crippen LogP contribution in [0.15, 0.2) is 0 Å². The van der Waals surface area contributed by atoms with Gasteiger partial charge in [0.1, 0.15) is 0 Å². The molecule has 0 saturated carbocycles. The van der Waals surface area contributed by atoms with Gasteiger partial charge >= 0.3 is 0 Å². The van der Waals surface area contributed by atoms with Crippen LogP contribution in [0.25, 0.3) is 0 Å². The molecule has 0 aromatic carbocycles. The van der Waals surface area contributed by atoms with E-state index in [1.54, 1.807) is 0 Å². The summed E-state index contributed by atoms with van der Waals surface area (Å²) >= 11 is 0. The van der Waals surface area contributed by atoms with Crippen molar-refractivity contribution in [3.8, 4) is 0 Å². The molecule has 0 rings (SSSR count). The maximum atomic E-state index is 6.85. The van der Waals surface area contributed by atoms with E-state index in [1.807, 2.05) is 0 Å². The first-order chi connectivity index (χ1) is 3.56. The second kappa shape index (κ2) is 4.18. The molecule has 1 nitrogen and oxygen atoms in total. The van der Waals surface area contributed by atoms with Gasteiger partial charge in [-0.15, -0.1) is 0 Å². The van der Waals surface area contributed by atoms with E-state index >= 15 is 0 Å². The fourth-order valence-electron chi connectivity index (χ4n) is 0.102. The molecule has 0 unspecified atom stereocenters. The molecule has 0 amide bonds. The van der Waals surface area contributed by atoms with Crippen LogP contribution in [0.5, 0.6) is 0 Å². The molecule has 0 aromatic heterocycles. The topological polar surface area (TPSA) is 26.0 Å². The van der Waals surface area contributed by atoms with Crippen molar-refractivity contribution in [3.05, 3.63) is 0 Å². The normalized spacial score (nSPS) is 19.8. The Balaban J connectivity index is 3.11. The smallest absolute Gasteiger partial charge is 0.00729 e. The van der Waals surface area contributed by atoms with E-state index < -0.39 is 10.0 Å². The van der Waals surface area contributed by atoms with E-state index in [9.17, 15) is 0 Å². The molecule has 0 bridgehead atoms. The van der Waals surface area contributed by atoms with Crippen molar-refractivity contribution in [1.82, 2.24) is 0 Å². The van der Waals surface area contributed by atoms with E-state index in [1.165, 1.54) is 0 Å². The van der Waals surface area contributed by atoms with E-state index in [-0.39, 0.29) is 0 Å². The van der Waals surface area contributed by atoms with Crippen molar-refractivity contribution < 1.29 is 0 Å². The minimum atomic E-state index is -3.01. The summed E-state index contributed by atoms with van der Waals surface area (Å²) in [4.78, 5) is 0. The Morgan fingerprint density at radius 1 is 2.00 bits per heavy atom. The molecule has 0 aliphatic rings. The van der Waals surface area contributed by atoms with Crippen LogP contribution in [-0.2, 0) is 0 Å². The zero-order valence-electron chi connectivity index (χ0n) is 6.20. The molecule has 0 spiro atoms. The molecule has 2 heteroatoms. The van der Waals surface area contributed by atoms with Crippen LogP contribution < -0.4 is 5.73 Å². The molecule has 5 heavy (non-hydrogen) atoms. The lowest BCUT2D eigenvalue weighted by Gasteiger charge is -1.80. The maximum Gasteiger partial charge on any atom is 0.00729 e. The van der Waals surface area contributed by atoms with Crippen molar-refractivity contribution in [2.45, 2.75) is 12.5 Å². The fraction of sp³-hybridized carbons (Fsp3) is 1.00. The number of hydrogen-bond donors (Lipinski definition) is 1. The average Bonchev–Trinajstić information content (AvgIpc) is 1.59. The largest absolute Gasteiger partial charge is 0.330 e. The monoisotopic (exact) mass is 95.1 g/mol. The summed E-state index contributed by atoms with van der Waals surface area (Å²) in [5.74, 6) is 0. The Hall–Kier alpha value is 0.177. The highest BCUT2D eigenvalue weighted by molar-refractivity contribution is 6.08. The molecule has 32 valence electrons. The molecule has 0 aromatic rings. The first-order valence-corrected chi connectivity index (χ1v) is 2.47. The van der Waals surface area contributed by atoms with Gasteiger partial charge in [-0.3, -0.25) is 0 Å². The van der Waals surface area contributed by atoms with Crippen molar-refractivity contribution in [3.63, 3.8) is 0 Å². The third-order valence-electron chi connectivity index (χ3n) is 0.381. The Bertz CT molecular complexity index is 62.0. The second-order valence-corrected chi connectivity index (χ2v) is 1.39. The molecule has 0 radical (unpaired) electrons. The highest BCUT2D eigenvalue weighted by atomic mass is 28.1. The van der Waals surface area contributed by atoms with Gasteiger partial charge in [0.25, 0.3) is 0 Å². The highest BCUT2D eigenvalue weighted by Gasteiger charge is 1.68. The Morgan fingerprint density at radius 3 is 3.00 bits per heavy atom. The van der Waals surface area contributed by atoms with Gasteiger partial charge in [-0.1, -0.05) is 6.04 Å². The van der Waals surface area contributed by atoms with Crippen molar-refractivity contribution in [2.75, 3.05) is 6.54 Å². The zero-order chi connectivity index (χ0) is 6.62. The summed E-state index contributed by atoms with van der Waals surface area (Å²) in [6.07, 6.45) is 0.655. The van der Waals surface area contributed by atoms with Crippen molar-refractivity contribution in [1.29, 1.82) is 3.70 Å². The highest BCUT2D eigenvalue weighted by Crippen LogP contribution is 1.74. The molecular formula is C3H11NSi. The van der Waals surface area contributed by atoms with E-state index in [2.05, 4.69) is 0 Å². The number of hydrogen-bond acceptors (Lipinski definition) is 1. The van der Waals surface area contributed by atoms with Gasteiger partial charge in [0.2, 0.25) is 0 Å². The van der Waals surface area contributed by atoms with Gasteiger partial charge in [0.15, 0.2) is 0 Å². The summed E-state index contributed by atoms with van der Waals surface area (Å²) in [6, 6.07) is 0.378. The molecule has 0 heterocycles. The minimum Gasteiger partial charge on any atom is -0.330 e. The quantitative estimate of drug-likeness (QED) is 0.453. The van der Waals surface area contributed by atoms with Crippen molar-refractivity contribution in [2.24, 2.45) is 5.73 Å². The Kier molecular flexibility index (Phi) is 1.46. The molecule has 0 aliphatic heterocycles. The summed E-state index contributed by atoms with van der Waals surface area (Å²) in [7, 11) is -3.01. The van der Waals surface area contributed by atoms with Gasteiger partial charge in [0.05, 0.1) is 0 Å². The van der Waals surface area contributed by atoms with Gasteiger partial charge < -0.3 is 5.73 Å². The second-order valence-electron chi connectivity index (χ2n) is 0.892. The van der Waals surface area contributed by atoms with E-state index in [0.717, 1.165) is 0 Å². The van der Waals surface area contributed by atoms with E-state index in [0.29, 0.717) is 19.0 Å². The predicted octanol–water partition coefficient (Wildman–Crippen LogP) is -0.881. The first kappa shape index (κ1) is 1.75. The van der Waals surface area contributed by atoms with Crippen LogP contribution in [0.3, 0.4) is 0 Å². The van der Waals surface area contributed by atoms with E-state index in [4.69, 9.17) is 9.44 Å². The molecular weight excluding hydrogens is 78.1 g/mol. The van der Waals surface area contributed by atoms with Gasteiger partial charge in [0, 0.05) is 13.7 Å². The standard InChI is InChI=1S/C3H11NSi/c4-2-1-3-5/h1-4H2,5H3/i5T3. The van der Waals surface area contributed by atoms with Crippen LogP contribution in [0.1, 0.15) is 6.42 Å². The third-order valence-corrected chi connectivity index (χ3v) is 0.734. The van der Waals surface area contributed by atoms with Crippen LogP contribution in [0.4, 0.5) is 0 Å². The van der Waals surface area contributed by atoms with Gasteiger partial charge in [-0.25, -0.2) is 0 Å². The van der Waals surface area contributed by atoms with Gasteiger partial charge in [-0.05, 0) is 13.0 Å². The zero-order valence-corrected chi connectivity index (χ0v) is 4.20. The Morgan fingerprint density at radius 2 is 2.80 bits per heavy atom. The van der Waals surface area contributed by atoms with Crippen LogP contribution >= 0.6 is 0 Å². The van der Waals surface area contributed by atoms with Crippen LogP contribution in [0, 0.1) is 0 Å². The molecule has 0 fully saturated rings. The average molecular weight is 95.2 g/mol. The van der Waals surface area contributed by atoms with Crippen molar-refractivity contribution >= 4 is 10.0 Å². The minimum absolute atomic E-state index is 0.378. The predicted molar refractivity (Wildman–Crippen MR) is 28.4 cm³/mol. The SMILES string of the molecule is [3H][Si]([3H])([3H])CCCN. The maximum absolute atomic E-state index is 6.85. The lowest BCUT2D eigenvalue weighted by molar-refractivity contribution is 0.930.